The fraction of sp³-hybridized carbons (Fsp3) is 0.250. The molecule has 0 unspecified atom stereocenters. The fourth-order valence-electron chi connectivity index (χ4n) is 3.52. The normalized spacial score (nSPS) is 14.3. The number of fused-ring (bicyclic) bond motifs is 1. The van der Waals surface area contributed by atoms with Crippen molar-refractivity contribution in [1.29, 1.82) is 0 Å². The topological polar surface area (TPSA) is 96.7 Å². The summed E-state index contributed by atoms with van der Waals surface area (Å²) in [6.07, 6.45) is 4.96. The van der Waals surface area contributed by atoms with E-state index in [2.05, 4.69) is 35.5 Å². The van der Waals surface area contributed by atoms with Crippen molar-refractivity contribution in [3.05, 3.63) is 54.7 Å². The summed E-state index contributed by atoms with van der Waals surface area (Å²) in [5, 5.41) is 12.4. The first-order valence-corrected chi connectivity index (χ1v) is 9.60. The molecule has 1 saturated heterocycles. The van der Waals surface area contributed by atoms with E-state index in [-0.39, 0.29) is 0 Å². The molecule has 3 aromatic heterocycles. The number of aryl methyl sites for hydroxylation is 1. The minimum Gasteiger partial charge on any atom is -0.354 e. The number of piperazine rings is 1. The van der Waals surface area contributed by atoms with Gasteiger partial charge in [0, 0.05) is 50.0 Å². The Kier molecular flexibility index (Phi) is 4.49. The number of anilines is 3. The maximum absolute atomic E-state index is 4.80. The number of nitrogens with zero attached hydrogens (tertiary/aromatic N) is 7. The van der Waals surface area contributed by atoms with Crippen LogP contribution in [0, 0.1) is 6.92 Å². The van der Waals surface area contributed by atoms with Crippen LogP contribution < -0.4 is 15.5 Å². The highest BCUT2D eigenvalue weighted by molar-refractivity contribution is 5.92. The fourth-order valence-corrected chi connectivity index (χ4v) is 3.52. The summed E-state index contributed by atoms with van der Waals surface area (Å²) >= 11 is 0. The van der Waals surface area contributed by atoms with E-state index in [0.29, 0.717) is 11.6 Å². The molecule has 1 aliphatic rings. The van der Waals surface area contributed by atoms with Gasteiger partial charge in [0.2, 0.25) is 0 Å². The summed E-state index contributed by atoms with van der Waals surface area (Å²) in [5.74, 6) is 3.75. The molecular weight excluding hydrogens is 366 g/mol. The van der Waals surface area contributed by atoms with E-state index in [1.165, 1.54) is 0 Å². The Balaban J connectivity index is 1.59. The molecule has 5 rings (SSSR count). The molecule has 4 heterocycles. The van der Waals surface area contributed by atoms with Crippen LogP contribution in [0.15, 0.2) is 48.9 Å². The number of rotatable bonds is 4. The van der Waals surface area contributed by atoms with Crippen LogP contribution >= 0.6 is 0 Å². The van der Waals surface area contributed by atoms with Crippen LogP contribution in [0.1, 0.15) is 5.82 Å². The predicted molar refractivity (Wildman–Crippen MR) is 112 cm³/mol. The number of para-hydroxylation sites is 1. The predicted octanol–water partition coefficient (Wildman–Crippen LogP) is 2.07. The molecule has 0 bridgehead atoms. The van der Waals surface area contributed by atoms with Crippen LogP contribution in [0.25, 0.3) is 16.7 Å². The van der Waals surface area contributed by atoms with Crippen molar-refractivity contribution in [3.8, 4) is 5.82 Å². The van der Waals surface area contributed by atoms with Crippen molar-refractivity contribution >= 4 is 28.4 Å². The van der Waals surface area contributed by atoms with Gasteiger partial charge >= 0.3 is 0 Å². The van der Waals surface area contributed by atoms with Crippen molar-refractivity contribution in [2.24, 2.45) is 0 Å². The number of nitrogens with one attached hydrogen (secondary N) is 2. The quantitative estimate of drug-likeness (QED) is 0.549. The molecule has 4 aromatic rings. The molecule has 9 nitrogen and oxygen atoms in total. The highest BCUT2D eigenvalue weighted by Gasteiger charge is 2.17. The van der Waals surface area contributed by atoms with Crippen molar-refractivity contribution in [3.63, 3.8) is 0 Å². The third-order valence-electron chi connectivity index (χ3n) is 4.87. The molecule has 0 amide bonds. The van der Waals surface area contributed by atoms with Gasteiger partial charge in [0.05, 0.1) is 11.7 Å². The molecule has 146 valence electrons. The standard InChI is InChI=1S/C20H21N9/c1-14-24-18(28-10-8-21-9-11-28)12-19(25-14)29-16-5-3-2-4-15(16)20(27-29)26-17-13-22-6-7-23-17/h2-7,12-13,21H,8-11H2,1H3,(H,23,26,27). The summed E-state index contributed by atoms with van der Waals surface area (Å²) in [6, 6.07) is 10.1. The third-order valence-corrected chi connectivity index (χ3v) is 4.87. The summed E-state index contributed by atoms with van der Waals surface area (Å²) in [5.41, 5.74) is 0.961. The summed E-state index contributed by atoms with van der Waals surface area (Å²) in [7, 11) is 0. The minimum atomic E-state index is 0.642. The van der Waals surface area contributed by atoms with Crippen LogP contribution in [0.5, 0.6) is 0 Å². The van der Waals surface area contributed by atoms with E-state index in [9.17, 15) is 0 Å². The lowest BCUT2D eigenvalue weighted by atomic mass is 10.2. The molecule has 0 radical (unpaired) electrons. The second-order valence-electron chi connectivity index (χ2n) is 6.86. The second kappa shape index (κ2) is 7.44. The lowest BCUT2D eigenvalue weighted by molar-refractivity contribution is 0.583. The molecule has 29 heavy (non-hydrogen) atoms. The first-order valence-electron chi connectivity index (χ1n) is 9.60. The minimum absolute atomic E-state index is 0.642. The zero-order chi connectivity index (χ0) is 19.6. The maximum Gasteiger partial charge on any atom is 0.162 e. The number of aromatic nitrogens is 6. The van der Waals surface area contributed by atoms with Crippen LogP contribution in [0.2, 0.25) is 0 Å². The lowest BCUT2D eigenvalue weighted by Crippen LogP contribution is -2.44. The van der Waals surface area contributed by atoms with Gasteiger partial charge < -0.3 is 15.5 Å². The van der Waals surface area contributed by atoms with Crippen LogP contribution in [0.4, 0.5) is 17.5 Å². The molecule has 2 N–H and O–H groups in total. The molecule has 1 fully saturated rings. The van der Waals surface area contributed by atoms with E-state index >= 15 is 0 Å². The summed E-state index contributed by atoms with van der Waals surface area (Å²) in [6.45, 7) is 5.68. The van der Waals surface area contributed by atoms with Crippen molar-refractivity contribution < 1.29 is 0 Å². The van der Waals surface area contributed by atoms with Gasteiger partial charge in [-0.25, -0.2) is 19.6 Å². The Morgan fingerprint density at radius 2 is 1.86 bits per heavy atom. The average Bonchev–Trinajstić information content (AvgIpc) is 3.13. The molecule has 0 aliphatic carbocycles. The highest BCUT2D eigenvalue weighted by atomic mass is 15.4. The molecule has 0 spiro atoms. The molecule has 1 aliphatic heterocycles. The van der Waals surface area contributed by atoms with E-state index < -0.39 is 0 Å². The number of hydrogen-bond donors (Lipinski definition) is 2. The molecule has 1 aromatic carbocycles. The van der Waals surface area contributed by atoms with Gasteiger partial charge in [-0.15, -0.1) is 5.10 Å². The van der Waals surface area contributed by atoms with Gasteiger partial charge in [0.25, 0.3) is 0 Å². The van der Waals surface area contributed by atoms with E-state index in [4.69, 9.17) is 5.10 Å². The second-order valence-corrected chi connectivity index (χ2v) is 6.86. The van der Waals surface area contributed by atoms with Gasteiger partial charge in [0.15, 0.2) is 11.6 Å². The largest absolute Gasteiger partial charge is 0.354 e. The average molecular weight is 387 g/mol. The van der Waals surface area contributed by atoms with E-state index in [0.717, 1.165) is 54.5 Å². The van der Waals surface area contributed by atoms with E-state index in [1.807, 2.05) is 41.9 Å². The molecule has 0 saturated carbocycles. The third kappa shape index (κ3) is 3.47. The number of benzene rings is 1. The maximum atomic E-state index is 4.80. The first-order chi connectivity index (χ1) is 14.3. The Morgan fingerprint density at radius 3 is 2.69 bits per heavy atom. The lowest BCUT2D eigenvalue weighted by Gasteiger charge is -2.28. The van der Waals surface area contributed by atoms with Gasteiger partial charge in [-0.1, -0.05) is 12.1 Å². The SMILES string of the molecule is Cc1nc(N2CCNCC2)cc(-n2nc(Nc3cnccn3)c3ccccc32)n1. The first kappa shape index (κ1) is 17.5. The number of hydrogen-bond acceptors (Lipinski definition) is 8. The van der Waals surface area contributed by atoms with Gasteiger partial charge in [-0.2, -0.15) is 0 Å². The van der Waals surface area contributed by atoms with Gasteiger partial charge in [-0.3, -0.25) is 4.98 Å². The molecule has 0 atom stereocenters. The van der Waals surface area contributed by atoms with Crippen molar-refractivity contribution in [2.45, 2.75) is 6.92 Å². The van der Waals surface area contributed by atoms with Crippen LogP contribution in [-0.2, 0) is 0 Å². The Labute approximate surface area is 167 Å². The zero-order valence-corrected chi connectivity index (χ0v) is 16.1. The summed E-state index contributed by atoms with van der Waals surface area (Å²) < 4.78 is 1.86. The van der Waals surface area contributed by atoms with Gasteiger partial charge in [0.1, 0.15) is 17.5 Å². The Morgan fingerprint density at radius 1 is 1.03 bits per heavy atom. The summed E-state index contributed by atoms with van der Waals surface area (Å²) in [4.78, 5) is 20.0. The molecular formula is C20H21N9. The highest BCUT2D eigenvalue weighted by Crippen LogP contribution is 2.27. The Bertz CT molecular complexity index is 1130. The zero-order valence-electron chi connectivity index (χ0n) is 16.1. The Hall–Kier alpha value is -3.59. The van der Waals surface area contributed by atoms with E-state index in [1.54, 1.807) is 18.6 Å². The van der Waals surface area contributed by atoms with Crippen LogP contribution in [0.3, 0.4) is 0 Å². The van der Waals surface area contributed by atoms with Crippen LogP contribution in [-0.4, -0.2) is 55.9 Å². The van der Waals surface area contributed by atoms with Gasteiger partial charge in [-0.05, 0) is 19.1 Å². The monoisotopic (exact) mass is 387 g/mol. The van der Waals surface area contributed by atoms with Crippen molar-refractivity contribution in [2.75, 3.05) is 36.4 Å². The van der Waals surface area contributed by atoms with Crippen molar-refractivity contribution in [1.82, 2.24) is 35.0 Å². The molecule has 9 heteroatoms. The smallest absolute Gasteiger partial charge is 0.162 e.